The fraction of sp³-hybridized carbons (Fsp3) is 0.474. The molecule has 9 heteroatoms. The summed E-state index contributed by atoms with van der Waals surface area (Å²) in [4.78, 5) is 27.5. The zero-order chi connectivity index (χ0) is 20.5. The number of carbonyl (C=O) groups excluding carboxylic acids is 1. The van der Waals surface area contributed by atoms with Crippen LogP contribution >= 0.6 is 0 Å². The number of rotatable bonds is 5. The van der Waals surface area contributed by atoms with Gasteiger partial charge in [0.05, 0.1) is 23.6 Å². The molecule has 2 aromatic rings. The molecule has 0 spiro atoms. The van der Waals surface area contributed by atoms with Gasteiger partial charge in [-0.25, -0.2) is 8.42 Å². The second-order valence-electron chi connectivity index (χ2n) is 6.66. The van der Waals surface area contributed by atoms with Crippen LogP contribution in [0.4, 0.5) is 0 Å². The van der Waals surface area contributed by atoms with E-state index in [0.29, 0.717) is 44.9 Å². The summed E-state index contributed by atoms with van der Waals surface area (Å²) in [7, 11) is -1.97. The molecule has 1 aliphatic rings. The molecule has 0 N–H and O–H groups in total. The number of aryl methyl sites for hydroxylation is 1. The Morgan fingerprint density at radius 2 is 1.82 bits per heavy atom. The Hall–Kier alpha value is -2.23. The van der Waals surface area contributed by atoms with E-state index in [-0.39, 0.29) is 21.8 Å². The first-order chi connectivity index (χ1) is 13.3. The lowest BCUT2D eigenvalue weighted by atomic mass is 10.1. The van der Waals surface area contributed by atoms with Crippen LogP contribution in [0.15, 0.2) is 34.1 Å². The number of hydrogen-bond donors (Lipinski definition) is 0. The van der Waals surface area contributed by atoms with E-state index in [1.807, 2.05) is 0 Å². The van der Waals surface area contributed by atoms with Gasteiger partial charge in [0.25, 0.3) is 5.91 Å². The first-order valence-corrected chi connectivity index (χ1v) is 10.8. The quantitative estimate of drug-likeness (QED) is 0.739. The van der Waals surface area contributed by atoms with Crippen molar-refractivity contribution in [3.8, 4) is 0 Å². The number of amides is 1. The minimum Gasteiger partial charge on any atom is -0.378 e. The van der Waals surface area contributed by atoms with Gasteiger partial charge < -0.3 is 14.2 Å². The number of fused-ring (bicyclic) bond motifs is 1. The van der Waals surface area contributed by atoms with Gasteiger partial charge in [0.15, 0.2) is 0 Å². The Balaban J connectivity index is 2.14. The van der Waals surface area contributed by atoms with Crippen molar-refractivity contribution in [1.29, 1.82) is 0 Å². The molecule has 28 heavy (non-hydrogen) atoms. The second kappa shape index (κ2) is 8.02. The smallest absolute Gasteiger partial charge is 0.259 e. The van der Waals surface area contributed by atoms with Crippen molar-refractivity contribution in [2.45, 2.75) is 18.7 Å². The van der Waals surface area contributed by atoms with Crippen molar-refractivity contribution in [3.05, 3.63) is 40.2 Å². The summed E-state index contributed by atoms with van der Waals surface area (Å²) in [6, 6.07) is 4.48. The zero-order valence-electron chi connectivity index (χ0n) is 16.3. The van der Waals surface area contributed by atoms with E-state index in [9.17, 15) is 18.0 Å². The number of aromatic nitrogens is 1. The van der Waals surface area contributed by atoms with Gasteiger partial charge in [-0.2, -0.15) is 4.31 Å². The molecule has 8 nitrogen and oxygen atoms in total. The highest BCUT2D eigenvalue weighted by atomic mass is 32.2. The van der Waals surface area contributed by atoms with E-state index in [1.54, 1.807) is 36.4 Å². The third kappa shape index (κ3) is 3.57. The fourth-order valence-electron chi connectivity index (χ4n) is 3.43. The normalized spacial score (nSPS) is 15.4. The number of ether oxygens (including phenoxy) is 1. The molecule has 1 aromatic heterocycles. The largest absolute Gasteiger partial charge is 0.378 e. The molecule has 1 amide bonds. The van der Waals surface area contributed by atoms with Gasteiger partial charge in [-0.05, 0) is 18.2 Å². The summed E-state index contributed by atoms with van der Waals surface area (Å²) in [5, 5.41) is 0.217. The molecule has 2 heterocycles. The number of hydrogen-bond acceptors (Lipinski definition) is 5. The molecule has 1 fully saturated rings. The Labute approximate surface area is 164 Å². The van der Waals surface area contributed by atoms with Crippen molar-refractivity contribution < 1.29 is 17.9 Å². The molecule has 0 unspecified atom stereocenters. The monoisotopic (exact) mass is 407 g/mol. The Morgan fingerprint density at radius 3 is 2.43 bits per heavy atom. The fourth-order valence-corrected chi connectivity index (χ4v) is 4.92. The summed E-state index contributed by atoms with van der Waals surface area (Å²) in [5.41, 5.74) is 0.150. The van der Waals surface area contributed by atoms with E-state index >= 15 is 0 Å². The summed E-state index contributed by atoms with van der Waals surface area (Å²) in [6.07, 6.45) is 1.51. The molecule has 0 saturated carbocycles. The van der Waals surface area contributed by atoms with Gasteiger partial charge in [0.1, 0.15) is 5.56 Å². The number of nitrogens with zero attached hydrogens (tertiary/aromatic N) is 3. The summed E-state index contributed by atoms with van der Waals surface area (Å²) in [6.45, 7) is 5.93. The summed E-state index contributed by atoms with van der Waals surface area (Å²) in [5.74, 6) is -0.359. The van der Waals surface area contributed by atoms with Crippen LogP contribution in [0.5, 0.6) is 0 Å². The van der Waals surface area contributed by atoms with Crippen LogP contribution in [-0.4, -0.2) is 67.5 Å². The molecular weight excluding hydrogens is 382 g/mol. The van der Waals surface area contributed by atoms with E-state index in [4.69, 9.17) is 4.74 Å². The standard InChI is InChI=1S/C19H25N3O5S/c1-4-22(5-2)28(25,26)14-6-7-17-15(12-14)18(23)16(13-20(17)3)19(24)21-8-10-27-11-9-21/h6-7,12-13H,4-5,8-11H2,1-3H3. The number of morpholine rings is 1. The molecule has 0 radical (unpaired) electrons. The first kappa shape index (κ1) is 20.5. The number of pyridine rings is 1. The van der Waals surface area contributed by atoms with Crippen LogP contribution in [0.2, 0.25) is 0 Å². The average molecular weight is 407 g/mol. The van der Waals surface area contributed by atoms with E-state index in [1.165, 1.54) is 22.6 Å². The molecule has 0 aliphatic carbocycles. The average Bonchev–Trinajstić information content (AvgIpc) is 2.71. The van der Waals surface area contributed by atoms with Crippen LogP contribution < -0.4 is 5.43 Å². The maximum atomic E-state index is 13.1. The maximum absolute atomic E-state index is 13.1. The molecule has 1 aliphatic heterocycles. The van der Waals surface area contributed by atoms with Crippen molar-refractivity contribution in [2.75, 3.05) is 39.4 Å². The highest BCUT2D eigenvalue weighted by Crippen LogP contribution is 2.21. The number of benzene rings is 1. The van der Waals surface area contributed by atoms with Crippen LogP contribution in [-0.2, 0) is 21.8 Å². The van der Waals surface area contributed by atoms with Gasteiger partial charge >= 0.3 is 0 Å². The molecule has 0 atom stereocenters. The van der Waals surface area contributed by atoms with Gasteiger partial charge in [-0.1, -0.05) is 13.8 Å². The molecule has 1 saturated heterocycles. The Kier molecular flexibility index (Phi) is 5.87. The van der Waals surface area contributed by atoms with Crippen LogP contribution in [0, 0.1) is 0 Å². The summed E-state index contributed by atoms with van der Waals surface area (Å²) >= 11 is 0. The van der Waals surface area contributed by atoms with E-state index in [2.05, 4.69) is 0 Å². The molecule has 0 bridgehead atoms. The molecule has 152 valence electrons. The third-order valence-corrected chi connectivity index (χ3v) is 7.08. The lowest BCUT2D eigenvalue weighted by Gasteiger charge is -2.27. The lowest BCUT2D eigenvalue weighted by Crippen LogP contribution is -2.42. The predicted molar refractivity (Wildman–Crippen MR) is 106 cm³/mol. The summed E-state index contributed by atoms with van der Waals surface area (Å²) < 4.78 is 33.9. The topological polar surface area (TPSA) is 88.9 Å². The Morgan fingerprint density at radius 1 is 1.18 bits per heavy atom. The minimum atomic E-state index is -3.70. The van der Waals surface area contributed by atoms with E-state index < -0.39 is 15.5 Å². The van der Waals surface area contributed by atoms with E-state index in [0.717, 1.165) is 0 Å². The molecule has 1 aromatic carbocycles. The predicted octanol–water partition coefficient (Wildman–Crippen LogP) is 1.04. The molecular formula is C19H25N3O5S. The first-order valence-electron chi connectivity index (χ1n) is 9.31. The lowest BCUT2D eigenvalue weighted by molar-refractivity contribution is 0.0301. The highest BCUT2D eigenvalue weighted by Gasteiger charge is 2.25. The highest BCUT2D eigenvalue weighted by molar-refractivity contribution is 7.89. The SMILES string of the molecule is CCN(CC)S(=O)(=O)c1ccc2c(c1)c(=O)c(C(=O)N1CCOCC1)cn2C. The second-order valence-corrected chi connectivity index (χ2v) is 8.59. The maximum Gasteiger partial charge on any atom is 0.259 e. The molecule has 3 rings (SSSR count). The van der Waals surface area contributed by atoms with Gasteiger partial charge in [-0.15, -0.1) is 0 Å². The number of carbonyl (C=O) groups is 1. The minimum absolute atomic E-state index is 0.0364. The van der Waals surface area contributed by atoms with Crippen LogP contribution in [0.3, 0.4) is 0 Å². The van der Waals surface area contributed by atoms with Gasteiger partial charge in [0.2, 0.25) is 15.5 Å². The number of sulfonamides is 1. The van der Waals surface area contributed by atoms with Crippen molar-refractivity contribution in [3.63, 3.8) is 0 Å². The van der Waals surface area contributed by atoms with Crippen molar-refractivity contribution in [1.82, 2.24) is 13.8 Å². The van der Waals surface area contributed by atoms with Gasteiger partial charge in [0, 0.05) is 44.8 Å². The third-order valence-electron chi connectivity index (χ3n) is 5.03. The van der Waals surface area contributed by atoms with Gasteiger partial charge in [-0.3, -0.25) is 9.59 Å². The zero-order valence-corrected chi connectivity index (χ0v) is 17.2. The van der Waals surface area contributed by atoms with Crippen LogP contribution in [0.25, 0.3) is 10.9 Å². The Bertz CT molecular complexity index is 1050. The van der Waals surface area contributed by atoms with Crippen molar-refractivity contribution >= 4 is 26.8 Å². The van der Waals surface area contributed by atoms with Crippen LogP contribution in [0.1, 0.15) is 24.2 Å². The van der Waals surface area contributed by atoms with Crippen molar-refractivity contribution in [2.24, 2.45) is 7.05 Å².